The Labute approximate surface area is 214 Å². The predicted molar refractivity (Wildman–Crippen MR) is 133 cm³/mol. The van der Waals surface area contributed by atoms with E-state index >= 15 is 0 Å². The number of hydrogen-bond donors (Lipinski definition) is 0. The van der Waals surface area contributed by atoms with Crippen LogP contribution in [-0.4, -0.2) is 43.6 Å². The summed E-state index contributed by atoms with van der Waals surface area (Å²) in [7, 11) is 0. The molecule has 0 amide bonds. The van der Waals surface area contributed by atoms with E-state index in [1.54, 1.807) is 0 Å². The molecule has 0 radical (unpaired) electrons. The topological polar surface area (TPSA) is 71.3 Å². The highest BCUT2D eigenvalue weighted by atomic mass is 79.9. The van der Waals surface area contributed by atoms with Crippen molar-refractivity contribution in [1.29, 1.82) is 0 Å². The first kappa shape index (κ1) is 22.6. The minimum absolute atomic E-state index is 0.149. The number of nitrogens with zero attached hydrogens (tertiary/aromatic N) is 4. The molecule has 3 aromatic heterocycles. The molecule has 34 heavy (non-hydrogen) atoms. The summed E-state index contributed by atoms with van der Waals surface area (Å²) < 4.78 is 21.8. The van der Waals surface area contributed by atoms with Gasteiger partial charge in [0, 0.05) is 11.6 Å². The van der Waals surface area contributed by atoms with Crippen LogP contribution < -0.4 is 0 Å². The second-order valence-electron chi connectivity index (χ2n) is 9.08. The van der Waals surface area contributed by atoms with Crippen molar-refractivity contribution in [1.82, 2.24) is 19.5 Å². The van der Waals surface area contributed by atoms with Gasteiger partial charge in [-0.25, -0.2) is 15.0 Å². The smallest absolute Gasteiger partial charge is 0.164 e. The number of hydrogen-bond acceptors (Lipinski definition) is 6. The van der Waals surface area contributed by atoms with Crippen LogP contribution in [0.4, 0.5) is 0 Å². The van der Waals surface area contributed by atoms with Gasteiger partial charge in [0.1, 0.15) is 34.5 Å². The van der Waals surface area contributed by atoms with E-state index in [1.807, 2.05) is 36.7 Å². The lowest BCUT2D eigenvalue weighted by atomic mass is 10.0. The minimum Gasteiger partial charge on any atom is -0.349 e. The Bertz CT molecular complexity index is 1410. The van der Waals surface area contributed by atoms with Crippen molar-refractivity contribution < 1.29 is 14.2 Å². The third-order valence-electron chi connectivity index (χ3n) is 6.37. The second kappa shape index (κ2) is 8.40. The lowest BCUT2D eigenvalue weighted by molar-refractivity contribution is -0.196. The molecule has 0 N–H and O–H groups in total. The molecule has 0 bridgehead atoms. The molecule has 5 heterocycles. The van der Waals surface area contributed by atoms with Crippen molar-refractivity contribution in [3.8, 4) is 0 Å². The van der Waals surface area contributed by atoms with Crippen LogP contribution in [0.2, 0.25) is 10.3 Å². The van der Waals surface area contributed by atoms with E-state index < -0.39 is 5.79 Å². The zero-order valence-electron chi connectivity index (χ0n) is 18.4. The number of fused-ring (bicyclic) bond motifs is 3. The van der Waals surface area contributed by atoms with Gasteiger partial charge >= 0.3 is 0 Å². The number of rotatable bonds is 4. The van der Waals surface area contributed by atoms with Gasteiger partial charge in [-0.05, 0) is 66.4 Å². The van der Waals surface area contributed by atoms with Crippen LogP contribution in [0, 0.1) is 0 Å². The van der Waals surface area contributed by atoms with Gasteiger partial charge in [0.25, 0.3) is 0 Å². The third kappa shape index (κ3) is 3.90. The maximum atomic E-state index is 6.52. The summed E-state index contributed by atoms with van der Waals surface area (Å²) in [4.78, 5) is 13.0. The second-order valence-corrected chi connectivity index (χ2v) is 10.7. The maximum Gasteiger partial charge on any atom is 0.164 e. The zero-order valence-corrected chi connectivity index (χ0v) is 21.5. The molecule has 176 valence electrons. The van der Waals surface area contributed by atoms with Gasteiger partial charge in [0.15, 0.2) is 12.0 Å². The molecule has 7 nitrogen and oxygen atoms in total. The van der Waals surface area contributed by atoms with Crippen molar-refractivity contribution in [2.24, 2.45) is 0 Å². The first-order valence-electron chi connectivity index (χ1n) is 11.0. The molecule has 2 fully saturated rings. The highest BCUT2D eigenvalue weighted by Gasteiger charge is 2.55. The quantitative estimate of drug-likeness (QED) is 0.221. The number of ether oxygens (including phenoxy) is 3. The van der Waals surface area contributed by atoms with Crippen LogP contribution in [0.5, 0.6) is 0 Å². The Morgan fingerprint density at radius 2 is 1.88 bits per heavy atom. The molecule has 2 aliphatic rings. The van der Waals surface area contributed by atoms with E-state index in [2.05, 4.69) is 49.1 Å². The Hall–Kier alpha value is -1.81. The fourth-order valence-electron chi connectivity index (χ4n) is 4.89. The van der Waals surface area contributed by atoms with Crippen LogP contribution in [-0.2, 0) is 20.6 Å². The monoisotopic (exact) mass is 562 g/mol. The lowest BCUT2D eigenvalue weighted by Crippen LogP contribution is -2.29. The normalized spacial score (nSPS) is 25.9. The summed E-state index contributed by atoms with van der Waals surface area (Å²) in [5.74, 6) is -0.692. The molecule has 1 aromatic carbocycles. The molecule has 2 aliphatic heterocycles. The minimum atomic E-state index is -0.692. The van der Waals surface area contributed by atoms with Gasteiger partial charge in [-0.3, -0.25) is 0 Å². The average molecular weight is 564 g/mol. The van der Waals surface area contributed by atoms with Crippen LogP contribution >= 0.6 is 39.1 Å². The van der Waals surface area contributed by atoms with Gasteiger partial charge in [-0.15, -0.1) is 0 Å². The molecule has 2 saturated heterocycles. The molecule has 6 rings (SSSR count). The summed E-state index contributed by atoms with van der Waals surface area (Å²) >= 11 is 15.9. The highest BCUT2D eigenvalue weighted by Crippen LogP contribution is 2.45. The number of aromatic nitrogens is 4. The van der Waals surface area contributed by atoms with Crippen LogP contribution in [0.1, 0.15) is 32.1 Å². The van der Waals surface area contributed by atoms with Crippen molar-refractivity contribution in [3.63, 3.8) is 0 Å². The summed E-state index contributed by atoms with van der Waals surface area (Å²) in [6.07, 6.45) is 3.95. The van der Waals surface area contributed by atoms with E-state index in [0.717, 1.165) is 39.2 Å². The van der Waals surface area contributed by atoms with Crippen molar-refractivity contribution in [2.45, 2.75) is 57.0 Å². The van der Waals surface area contributed by atoms with Gasteiger partial charge in [0.2, 0.25) is 0 Å². The molecule has 4 aromatic rings. The van der Waals surface area contributed by atoms with E-state index in [0.29, 0.717) is 16.0 Å². The van der Waals surface area contributed by atoms with E-state index in [9.17, 15) is 0 Å². The Morgan fingerprint density at radius 1 is 1.06 bits per heavy atom. The Morgan fingerprint density at radius 3 is 2.74 bits per heavy atom. The maximum absolute atomic E-state index is 6.52. The fourth-order valence-corrected chi connectivity index (χ4v) is 5.56. The van der Waals surface area contributed by atoms with E-state index in [4.69, 9.17) is 37.4 Å². The van der Waals surface area contributed by atoms with E-state index in [1.165, 1.54) is 6.33 Å². The van der Waals surface area contributed by atoms with Gasteiger partial charge in [-0.1, -0.05) is 35.3 Å². The Balaban J connectivity index is 1.27. The van der Waals surface area contributed by atoms with Crippen molar-refractivity contribution >= 4 is 61.1 Å². The molecular weight excluding hydrogens is 543 g/mol. The van der Waals surface area contributed by atoms with Crippen LogP contribution in [0.15, 0.2) is 47.3 Å². The van der Waals surface area contributed by atoms with Gasteiger partial charge < -0.3 is 18.8 Å². The highest BCUT2D eigenvalue weighted by molar-refractivity contribution is 9.10. The molecule has 0 spiro atoms. The third-order valence-corrected chi connectivity index (χ3v) is 7.79. The van der Waals surface area contributed by atoms with Crippen LogP contribution in [0.25, 0.3) is 21.9 Å². The Kier molecular flexibility index (Phi) is 5.59. The number of halogens is 3. The SMILES string of the molecule is CC1(C)O[C@@H]2[C@H](O1)[C@@H](CCc1ccc3cc(Br)c(Cl)nc3c1)O[C@H]2n1ccc2c(Cl)ncnc21. The molecule has 0 unspecified atom stereocenters. The first-order valence-corrected chi connectivity index (χ1v) is 12.6. The summed E-state index contributed by atoms with van der Waals surface area (Å²) in [5.41, 5.74) is 2.73. The summed E-state index contributed by atoms with van der Waals surface area (Å²) in [5, 5.41) is 2.68. The fraction of sp³-hybridized carbons (Fsp3) is 0.375. The van der Waals surface area contributed by atoms with Crippen molar-refractivity contribution in [2.75, 3.05) is 0 Å². The number of benzene rings is 1. The van der Waals surface area contributed by atoms with Crippen molar-refractivity contribution in [3.05, 3.63) is 63.2 Å². The molecule has 4 atom stereocenters. The van der Waals surface area contributed by atoms with Crippen LogP contribution in [0.3, 0.4) is 0 Å². The van der Waals surface area contributed by atoms with Gasteiger partial charge in [-0.2, -0.15) is 0 Å². The largest absolute Gasteiger partial charge is 0.349 e. The predicted octanol–water partition coefficient (Wildman–Crippen LogP) is 6.10. The molecule has 10 heteroatoms. The average Bonchev–Trinajstić information content (AvgIpc) is 3.45. The molecular formula is C24H21BrCl2N4O3. The zero-order chi connectivity index (χ0) is 23.6. The molecule has 0 aliphatic carbocycles. The first-order chi connectivity index (χ1) is 16.3. The summed E-state index contributed by atoms with van der Waals surface area (Å²) in [6, 6.07) is 10.1. The van der Waals surface area contributed by atoms with E-state index in [-0.39, 0.29) is 24.5 Å². The lowest BCUT2D eigenvalue weighted by Gasteiger charge is -2.25. The number of aryl methyl sites for hydroxylation is 1. The standard InChI is InChI=1S/C24H21BrCl2N4O3/c1-24(2)33-18-17(6-4-12-3-5-13-10-15(25)21(27)30-16(13)9-12)32-23(19(18)34-24)31-8-7-14-20(26)28-11-29-22(14)31/h3,5,7-11,17-19,23H,4,6H2,1-2H3/t17-,18-,19-,23-/m1/s1. The van der Waals surface area contributed by atoms with Gasteiger partial charge in [0.05, 0.1) is 21.5 Å². The molecule has 0 saturated carbocycles. The number of pyridine rings is 1. The summed E-state index contributed by atoms with van der Waals surface area (Å²) in [6.45, 7) is 3.87.